The van der Waals surface area contributed by atoms with Gasteiger partial charge in [0.15, 0.2) is 0 Å². The summed E-state index contributed by atoms with van der Waals surface area (Å²) >= 11 is 0. The lowest BCUT2D eigenvalue weighted by Gasteiger charge is -2.16. The molecule has 0 fully saturated rings. The predicted octanol–water partition coefficient (Wildman–Crippen LogP) is -2.20. The van der Waals surface area contributed by atoms with Crippen molar-refractivity contribution in [2.24, 2.45) is 11.5 Å². The number of amides is 2. The van der Waals surface area contributed by atoms with Gasteiger partial charge in [0, 0.05) is 13.7 Å². The number of primary amides is 1. The van der Waals surface area contributed by atoms with Crippen LogP contribution in [0.2, 0.25) is 0 Å². The van der Waals surface area contributed by atoms with Gasteiger partial charge in [-0.1, -0.05) is 0 Å². The fourth-order valence-electron chi connectivity index (χ4n) is 1.12. The van der Waals surface area contributed by atoms with E-state index in [1.807, 2.05) is 0 Å². The van der Waals surface area contributed by atoms with Crippen LogP contribution < -0.4 is 16.8 Å². The number of nitrogens with one attached hydrogen (secondary N) is 1. The lowest BCUT2D eigenvalue weighted by Crippen LogP contribution is -2.44. The second-order valence-corrected chi connectivity index (χ2v) is 3.43. The van der Waals surface area contributed by atoms with Crippen LogP contribution in [0.25, 0.3) is 0 Å². The molecule has 0 radical (unpaired) electrons. The van der Waals surface area contributed by atoms with Crippen molar-refractivity contribution in [3.63, 3.8) is 0 Å². The molecule has 98 valence electrons. The van der Waals surface area contributed by atoms with Gasteiger partial charge < -0.3 is 26.6 Å². The van der Waals surface area contributed by atoms with E-state index in [-0.39, 0.29) is 13.0 Å². The summed E-state index contributed by atoms with van der Waals surface area (Å²) in [7, 11) is 1.39. The summed E-state index contributed by atoms with van der Waals surface area (Å²) in [4.78, 5) is 32.7. The van der Waals surface area contributed by atoms with Crippen LogP contribution in [0.1, 0.15) is 12.8 Å². The number of rotatable bonds is 8. The molecule has 0 aliphatic carbocycles. The molecule has 2 atom stereocenters. The van der Waals surface area contributed by atoms with E-state index in [2.05, 4.69) is 5.32 Å². The van der Waals surface area contributed by atoms with Crippen LogP contribution in [0.5, 0.6) is 0 Å². The van der Waals surface area contributed by atoms with Crippen molar-refractivity contribution in [1.82, 2.24) is 5.32 Å². The molecular formula is C9H17N3O5. The molecule has 0 spiro atoms. The lowest BCUT2D eigenvalue weighted by molar-refractivity contribution is -0.143. The highest BCUT2D eigenvalue weighted by Crippen LogP contribution is 1.98. The minimum absolute atomic E-state index is 0.0739. The molecule has 0 rings (SSSR count). The van der Waals surface area contributed by atoms with Crippen molar-refractivity contribution in [2.45, 2.75) is 25.0 Å². The van der Waals surface area contributed by atoms with Gasteiger partial charge in [0.2, 0.25) is 11.8 Å². The minimum atomic E-state index is -1.32. The zero-order valence-corrected chi connectivity index (χ0v) is 9.51. The first-order chi connectivity index (χ1) is 7.90. The molecule has 0 aromatic heterocycles. The molecular weight excluding hydrogens is 230 g/mol. The molecule has 1 unspecified atom stereocenters. The predicted molar refractivity (Wildman–Crippen MR) is 57.8 cm³/mol. The quantitative estimate of drug-likeness (QED) is 0.383. The minimum Gasteiger partial charge on any atom is -0.480 e. The number of nitrogens with two attached hydrogens (primary N) is 2. The van der Waals surface area contributed by atoms with Gasteiger partial charge in [0.05, 0.1) is 18.9 Å². The average molecular weight is 247 g/mol. The van der Waals surface area contributed by atoms with Crippen molar-refractivity contribution in [3.8, 4) is 0 Å². The molecule has 0 aromatic rings. The van der Waals surface area contributed by atoms with E-state index in [9.17, 15) is 14.4 Å². The Kier molecular flexibility index (Phi) is 6.83. The summed E-state index contributed by atoms with van der Waals surface area (Å²) in [6.45, 7) is 0.136. The molecule has 0 saturated heterocycles. The fourth-order valence-corrected chi connectivity index (χ4v) is 1.12. The Hall–Kier alpha value is -1.67. The lowest BCUT2D eigenvalue weighted by atomic mass is 10.1. The second kappa shape index (κ2) is 7.58. The summed E-state index contributed by atoms with van der Waals surface area (Å²) in [6, 6.07) is -1.32. The molecule has 0 saturated carbocycles. The highest BCUT2D eigenvalue weighted by atomic mass is 16.5. The van der Waals surface area contributed by atoms with Crippen LogP contribution in [0.3, 0.4) is 0 Å². The number of carboxylic acid groups (broad SMARTS) is 1. The van der Waals surface area contributed by atoms with Gasteiger partial charge in [-0.3, -0.25) is 9.59 Å². The van der Waals surface area contributed by atoms with E-state index >= 15 is 0 Å². The SMILES string of the molecule is COC(CN)CC(=O)N[C@@H](CC(N)=O)C(=O)O. The number of hydrogen-bond acceptors (Lipinski definition) is 5. The molecule has 0 aliphatic heterocycles. The van der Waals surface area contributed by atoms with Crippen molar-refractivity contribution >= 4 is 17.8 Å². The number of carbonyl (C=O) groups is 3. The molecule has 8 nitrogen and oxygen atoms in total. The summed E-state index contributed by atoms with van der Waals surface area (Å²) < 4.78 is 4.87. The summed E-state index contributed by atoms with van der Waals surface area (Å²) in [6.07, 6.45) is -1.02. The molecule has 0 aromatic carbocycles. The largest absolute Gasteiger partial charge is 0.480 e. The number of carboxylic acids is 1. The van der Waals surface area contributed by atoms with Crippen molar-refractivity contribution < 1.29 is 24.2 Å². The summed E-state index contributed by atoms with van der Waals surface area (Å²) in [5, 5.41) is 10.9. The number of hydrogen-bond donors (Lipinski definition) is 4. The Labute approximate surface area is 98.3 Å². The van der Waals surface area contributed by atoms with Crippen LogP contribution in [0.15, 0.2) is 0 Å². The van der Waals surface area contributed by atoms with Crippen LogP contribution in [0.4, 0.5) is 0 Å². The second-order valence-electron chi connectivity index (χ2n) is 3.43. The van der Waals surface area contributed by atoms with Crippen molar-refractivity contribution in [2.75, 3.05) is 13.7 Å². The maximum atomic E-state index is 11.4. The van der Waals surface area contributed by atoms with Gasteiger partial charge >= 0.3 is 5.97 Å². The number of aliphatic carboxylic acids is 1. The van der Waals surface area contributed by atoms with Gasteiger partial charge in [-0.2, -0.15) is 0 Å². The van der Waals surface area contributed by atoms with Crippen molar-refractivity contribution in [3.05, 3.63) is 0 Å². The molecule has 17 heavy (non-hydrogen) atoms. The molecule has 0 bridgehead atoms. The number of methoxy groups -OCH3 is 1. The van der Waals surface area contributed by atoms with Gasteiger partial charge in [-0.25, -0.2) is 4.79 Å². The molecule has 8 heteroatoms. The van der Waals surface area contributed by atoms with Crippen LogP contribution >= 0.6 is 0 Å². The topological polar surface area (TPSA) is 145 Å². The molecule has 6 N–H and O–H groups in total. The third kappa shape index (κ3) is 6.48. The zero-order valence-electron chi connectivity index (χ0n) is 9.51. The average Bonchev–Trinajstić information content (AvgIpc) is 2.24. The van der Waals surface area contributed by atoms with E-state index in [1.54, 1.807) is 0 Å². The Morgan fingerprint density at radius 2 is 1.94 bits per heavy atom. The zero-order chi connectivity index (χ0) is 13.4. The molecule has 2 amide bonds. The number of ether oxygens (including phenoxy) is 1. The number of carbonyl (C=O) groups excluding carboxylic acids is 2. The Balaban J connectivity index is 4.30. The van der Waals surface area contributed by atoms with E-state index < -0.39 is 36.4 Å². The maximum absolute atomic E-state index is 11.4. The van der Waals surface area contributed by atoms with E-state index in [0.717, 1.165) is 0 Å². The van der Waals surface area contributed by atoms with Gasteiger partial charge in [-0.05, 0) is 0 Å². The molecule has 0 aliphatic rings. The first-order valence-corrected chi connectivity index (χ1v) is 4.94. The van der Waals surface area contributed by atoms with Crippen LogP contribution in [-0.4, -0.2) is 48.7 Å². The van der Waals surface area contributed by atoms with E-state index in [4.69, 9.17) is 21.3 Å². The normalized spacial score (nSPS) is 13.8. The summed E-state index contributed by atoms with van der Waals surface area (Å²) in [5.41, 5.74) is 10.2. The Morgan fingerprint density at radius 3 is 2.29 bits per heavy atom. The van der Waals surface area contributed by atoms with Gasteiger partial charge in [-0.15, -0.1) is 0 Å². The van der Waals surface area contributed by atoms with Crippen molar-refractivity contribution in [1.29, 1.82) is 0 Å². The van der Waals surface area contributed by atoms with E-state index in [1.165, 1.54) is 7.11 Å². The third-order valence-electron chi connectivity index (χ3n) is 2.05. The first kappa shape index (κ1) is 15.3. The van der Waals surface area contributed by atoms with Gasteiger partial charge in [0.25, 0.3) is 0 Å². The van der Waals surface area contributed by atoms with Crippen LogP contribution in [0, 0.1) is 0 Å². The fraction of sp³-hybridized carbons (Fsp3) is 0.667. The van der Waals surface area contributed by atoms with Crippen LogP contribution in [-0.2, 0) is 19.1 Å². The Morgan fingerprint density at radius 1 is 1.35 bits per heavy atom. The standard InChI is InChI=1S/C9H17N3O5/c1-17-5(4-10)2-8(14)12-6(9(15)16)3-7(11)13/h5-6H,2-4,10H2,1H3,(H2,11,13)(H,12,14)(H,15,16)/t5?,6-/m0/s1. The molecule has 0 heterocycles. The smallest absolute Gasteiger partial charge is 0.326 e. The summed E-state index contributed by atoms with van der Waals surface area (Å²) in [5.74, 6) is -2.69. The highest BCUT2D eigenvalue weighted by Gasteiger charge is 2.23. The Bertz CT molecular complexity index is 290. The highest BCUT2D eigenvalue weighted by molar-refractivity contribution is 5.88. The third-order valence-corrected chi connectivity index (χ3v) is 2.05. The van der Waals surface area contributed by atoms with Gasteiger partial charge in [0.1, 0.15) is 6.04 Å². The maximum Gasteiger partial charge on any atom is 0.326 e. The monoisotopic (exact) mass is 247 g/mol. The van der Waals surface area contributed by atoms with E-state index in [0.29, 0.717) is 0 Å². The first-order valence-electron chi connectivity index (χ1n) is 4.94.